The summed E-state index contributed by atoms with van der Waals surface area (Å²) in [7, 11) is -2.55. The lowest BCUT2D eigenvalue weighted by Crippen LogP contribution is -2.50. The summed E-state index contributed by atoms with van der Waals surface area (Å²) in [6.07, 6.45) is 0. The molecule has 0 aromatic heterocycles. The number of hydrogen-bond acceptors (Lipinski definition) is 4. The number of aryl methyl sites for hydroxylation is 3. The van der Waals surface area contributed by atoms with E-state index in [1.807, 2.05) is 45.0 Å². The van der Waals surface area contributed by atoms with Gasteiger partial charge >= 0.3 is 0 Å². The van der Waals surface area contributed by atoms with Crippen LogP contribution in [0.25, 0.3) is 0 Å². The molecule has 8 heteroatoms. The predicted molar refractivity (Wildman–Crippen MR) is 142 cm³/mol. The highest BCUT2D eigenvalue weighted by Crippen LogP contribution is 2.25. The minimum atomic E-state index is -4.06. The van der Waals surface area contributed by atoms with Crippen molar-refractivity contribution in [3.05, 3.63) is 95.1 Å². The molecule has 0 aliphatic rings. The molecule has 190 valence electrons. The first-order valence-corrected chi connectivity index (χ1v) is 13.2. The predicted octanol–water partition coefficient (Wildman–Crippen LogP) is 3.97. The van der Waals surface area contributed by atoms with Crippen molar-refractivity contribution >= 4 is 27.5 Å². The molecule has 0 aliphatic heterocycles. The Morgan fingerprint density at radius 3 is 1.97 bits per heavy atom. The molecule has 3 aromatic rings. The van der Waals surface area contributed by atoms with Crippen LogP contribution in [0.15, 0.2) is 77.7 Å². The van der Waals surface area contributed by atoms with Crippen LogP contribution in [-0.2, 0) is 26.2 Å². The Morgan fingerprint density at radius 2 is 1.42 bits per heavy atom. The Hall–Kier alpha value is -3.65. The van der Waals surface area contributed by atoms with E-state index in [2.05, 4.69) is 5.32 Å². The first kappa shape index (κ1) is 26.9. The van der Waals surface area contributed by atoms with Gasteiger partial charge in [-0.3, -0.25) is 13.9 Å². The third kappa shape index (κ3) is 6.12. The molecule has 0 spiro atoms. The Balaban J connectivity index is 2.03. The third-order valence-electron chi connectivity index (χ3n) is 6.23. The first-order chi connectivity index (χ1) is 17.0. The van der Waals surface area contributed by atoms with Gasteiger partial charge in [0.05, 0.1) is 10.6 Å². The van der Waals surface area contributed by atoms with Gasteiger partial charge < -0.3 is 10.2 Å². The van der Waals surface area contributed by atoms with Crippen LogP contribution in [0.1, 0.15) is 29.2 Å². The van der Waals surface area contributed by atoms with E-state index < -0.39 is 28.5 Å². The Kier molecular flexibility index (Phi) is 8.53. The zero-order valence-electron chi connectivity index (χ0n) is 21.4. The van der Waals surface area contributed by atoms with Crippen molar-refractivity contribution in [2.45, 2.75) is 45.2 Å². The van der Waals surface area contributed by atoms with Gasteiger partial charge in [-0.1, -0.05) is 59.7 Å². The number of nitrogens with one attached hydrogen (secondary N) is 1. The highest BCUT2D eigenvalue weighted by molar-refractivity contribution is 7.92. The molecule has 0 saturated carbocycles. The van der Waals surface area contributed by atoms with Gasteiger partial charge in [0.25, 0.3) is 10.0 Å². The molecule has 36 heavy (non-hydrogen) atoms. The second-order valence-corrected chi connectivity index (χ2v) is 10.8. The van der Waals surface area contributed by atoms with Crippen LogP contribution in [0, 0.1) is 20.8 Å². The lowest BCUT2D eigenvalue weighted by atomic mass is 10.1. The molecule has 2 amide bonds. The smallest absolute Gasteiger partial charge is 0.264 e. The Morgan fingerprint density at radius 1 is 0.861 bits per heavy atom. The SMILES string of the molecule is CNC(=O)[C@@H](C)N(Cc1ccccc1C)C(=O)CN(c1ccc(C)cc1)S(=O)(=O)c1ccc(C)cc1. The second-order valence-electron chi connectivity index (χ2n) is 8.90. The number of sulfonamides is 1. The number of likely N-dealkylation sites (N-methyl/N-ethyl adjacent to an activating group) is 1. The van der Waals surface area contributed by atoms with Crippen molar-refractivity contribution in [3.8, 4) is 0 Å². The van der Waals surface area contributed by atoms with Gasteiger partial charge in [-0.05, 0) is 63.1 Å². The normalized spacial score (nSPS) is 12.0. The summed E-state index contributed by atoms with van der Waals surface area (Å²) < 4.78 is 28.6. The number of hydrogen-bond donors (Lipinski definition) is 1. The van der Waals surface area contributed by atoms with Crippen LogP contribution in [0.2, 0.25) is 0 Å². The number of rotatable bonds is 9. The molecule has 0 unspecified atom stereocenters. The zero-order valence-corrected chi connectivity index (χ0v) is 22.2. The fraction of sp³-hybridized carbons (Fsp3) is 0.286. The molecule has 3 rings (SSSR count). The van der Waals surface area contributed by atoms with Crippen LogP contribution in [0.3, 0.4) is 0 Å². The lowest BCUT2D eigenvalue weighted by Gasteiger charge is -2.32. The first-order valence-electron chi connectivity index (χ1n) is 11.8. The van der Waals surface area contributed by atoms with Gasteiger partial charge in [0.15, 0.2) is 0 Å². The van der Waals surface area contributed by atoms with E-state index >= 15 is 0 Å². The Bertz CT molecular complexity index is 1320. The zero-order chi connectivity index (χ0) is 26.5. The van der Waals surface area contributed by atoms with E-state index in [0.717, 1.165) is 26.6 Å². The number of amides is 2. The minimum absolute atomic E-state index is 0.0891. The highest BCUT2D eigenvalue weighted by atomic mass is 32.2. The van der Waals surface area contributed by atoms with Crippen LogP contribution in [0.5, 0.6) is 0 Å². The van der Waals surface area contributed by atoms with Crippen molar-refractivity contribution in [3.63, 3.8) is 0 Å². The number of benzene rings is 3. The van der Waals surface area contributed by atoms with Crippen molar-refractivity contribution in [2.75, 3.05) is 17.9 Å². The van der Waals surface area contributed by atoms with Crippen molar-refractivity contribution in [1.82, 2.24) is 10.2 Å². The summed E-state index contributed by atoms with van der Waals surface area (Å²) in [5.74, 6) is -0.814. The van der Waals surface area contributed by atoms with Gasteiger partial charge in [0, 0.05) is 13.6 Å². The summed E-state index contributed by atoms with van der Waals surface area (Å²) in [6.45, 7) is 7.07. The summed E-state index contributed by atoms with van der Waals surface area (Å²) in [5, 5.41) is 2.59. The van der Waals surface area contributed by atoms with Gasteiger partial charge in [-0.2, -0.15) is 0 Å². The molecule has 1 atom stereocenters. The molecule has 0 radical (unpaired) electrons. The van der Waals surface area contributed by atoms with Crippen LogP contribution in [0.4, 0.5) is 5.69 Å². The average Bonchev–Trinajstić information content (AvgIpc) is 2.86. The second kappa shape index (κ2) is 11.4. The van der Waals surface area contributed by atoms with Gasteiger partial charge in [0.1, 0.15) is 12.6 Å². The Labute approximate surface area is 213 Å². The topological polar surface area (TPSA) is 86.8 Å². The molecule has 7 nitrogen and oxygen atoms in total. The largest absolute Gasteiger partial charge is 0.357 e. The fourth-order valence-electron chi connectivity index (χ4n) is 3.84. The molecule has 0 heterocycles. The third-order valence-corrected chi connectivity index (χ3v) is 8.01. The van der Waals surface area contributed by atoms with Crippen LogP contribution >= 0.6 is 0 Å². The minimum Gasteiger partial charge on any atom is -0.357 e. The summed E-state index contributed by atoms with van der Waals surface area (Å²) in [6, 6.07) is 20.3. The van der Waals surface area contributed by atoms with Crippen LogP contribution < -0.4 is 9.62 Å². The van der Waals surface area contributed by atoms with E-state index in [1.54, 1.807) is 43.3 Å². The highest BCUT2D eigenvalue weighted by Gasteiger charge is 2.32. The lowest BCUT2D eigenvalue weighted by molar-refractivity contribution is -0.139. The summed E-state index contributed by atoms with van der Waals surface area (Å²) in [4.78, 5) is 27.8. The summed E-state index contributed by atoms with van der Waals surface area (Å²) in [5.41, 5.74) is 4.12. The van der Waals surface area contributed by atoms with Gasteiger partial charge in [0.2, 0.25) is 11.8 Å². The monoisotopic (exact) mass is 507 g/mol. The quantitative estimate of drug-likeness (QED) is 0.475. The molecule has 3 aromatic carbocycles. The number of nitrogens with zero attached hydrogens (tertiary/aromatic N) is 2. The van der Waals surface area contributed by atoms with Crippen LogP contribution in [-0.4, -0.2) is 44.8 Å². The standard InChI is InChI=1S/C28H33N3O4S/c1-20-10-14-25(15-11-20)31(36(34,35)26-16-12-21(2)13-17-26)19-27(32)30(23(4)28(33)29-5)18-24-9-7-6-8-22(24)3/h6-17,23H,18-19H2,1-5H3,(H,29,33)/t23-/m1/s1. The number of carbonyl (C=O) groups excluding carboxylic acids is 2. The average molecular weight is 508 g/mol. The molecule has 1 N–H and O–H groups in total. The number of carbonyl (C=O) groups is 2. The molecular weight excluding hydrogens is 474 g/mol. The fourth-order valence-corrected chi connectivity index (χ4v) is 5.25. The number of anilines is 1. The molecule has 0 saturated heterocycles. The van der Waals surface area contributed by atoms with E-state index in [-0.39, 0.29) is 17.3 Å². The molecule has 0 bridgehead atoms. The van der Waals surface area contributed by atoms with Gasteiger partial charge in [-0.25, -0.2) is 8.42 Å². The van der Waals surface area contributed by atoms with Crippen molar-refractivity contribution < 1.29 is 18.0 Å². The maximum Gasteiger partial charge on any atom is 0.264 e. The molecule has 0 fully saturated rings. The van der Waals surface area contributed by atoms with E-state index in [4.69, 9.17) is 0 Å². The molecule has 0 aliphatic carbocycles. The summed E-state index contributed by atoms with van der Waals surface area (Å²) >= 11 is 0. The van der Waals surface area contributed by atoms with Crippen molar-refractivity contribution in [1.29, 1.82) is 0 Å². The maximum absolute atomic E-state index is 13.7. The van der Waals surface area contributed by atoms with E-state index in [1.165, 1.54) is 24.1 Å². The van der Waals surface area contributed by atoms with E-state index in [0.29, 0.717) is 5.69 Å². The van der Waals surface area contributed by atoms with Gasteiger partial charge in [-0.15, -0.1) is 0 Å². The molecular formula is C28H33N3O4S. The van der Waals surface area contributed by atoms with E-state index in [9.17, 15) is 18.0 Å². The van der Waals surface area contributed by atoms with Crippen molar-refractivity contribution in [2.24, 2.45) is 0 Å². The maximum atomic E-state index is 13.7.